The molecule has 0 bridgehead atoms. The Bertz CT molecular complexity index is 284. The highest BCUT2D eigenvalue weighted by molar-refractivity contribution is 5.48. The highest BCUT2D eigenvalue weighted by atomic mass is 14.9. The molecule has 1 unspecified atom stereocenters. The van der Waals surface area contributed by atoms with Crippen molar-refractivity contribution < 1.29 is 0 Å². The SMILES string of the molecule is CCC(C)CCNc1cc(C)cc(C)c1. The second kappa shape index (κ2) is 5.79. The molecule has 1 rings (SSSR count). The van der Waals surface area contributed by atoms with Gasteiger partial charge in [0.1, 0.15) is 0 Å². The summed E-state index contributed by atoms with van der Waals surface area (Å²) in [4.78, 5) is 0. The van der Waals surface area contributed by atoms with E-state index in [9.17, 15) is 0 Å². The third-order valence-corrected chi connectivity index (χ3v) is 2.88. The maximum absolute atomic E-state index is 3.49. The van der Waals surface area contributed by atoms with Crippen LogP contribution >= 0.6 is 0 Å². The van der Waals surface area contributed by atoms with Crippen molar-refractivity contribution in [2.75, 3.05) is 11.9 Å². The third-order valence-electron chi connectivity index (χ3n) is 2.88. The number of hydrogen-bond acceptors (Lipinski definition) is 1. The maximum Gasteiger partial charge on any atom is 0.0345 e. The van der Waals surface area contributed by atoms with Gasteiger partial charge in [-0.2, -0.15) is 0 Å². The Morgan fingerprint density at radius 1 is 1.13 bits per heavy atom. The molecule has 1 nitrogen and oxygen atoms in total. The average Bonchev–Trinajstić information content (AvgIpc) is 2.16. The largest absolute Gasteiger partial charge is 0.385 e. The molecule has 0 fully saturated rings. The lowest BCUT2D eigenvalue weighted by molar-refractivity contribution is 0.532. The second-order valence-corrected chi connectivity index (χ2v) is 4.61. The highest BCUT2D eigenvalue weighted by Crippen LogP contribution is 2.14. The molecule has 1 aromatic rings. The van der Waals surface area contributed by atoms with Crippen LogP contribution in [0.1, 0.15) is 37.8 Å². The molecule has 1 N–H and O–H groups in total. The topological polar surface area (TPSA) is 12.0 Å². The number of anilines is 1. The van der Waals surface area contributed by atoms with Gasteiger partial charge in [-0.05, 0) is 49.4 Å². The molecule has 1 atom stereocenters. The molecule has 0 heterocycles. The van der Waals surface area contributed by atoms with Gasteiger partial charge in [0.05, 0.1) is 0 Å². The van der Waals surface area contributed by atoms with Gasteiger partial charge in [0.25, 0.3) is 0 Å². The van der Waals surface area contributed by atoms with E-state index < -0.39 is 0 Å². The number of aryl methyl sites for hydroxylation is 2. The molecule has 1 aromatic carbocycles. The van der Waals surface area contributed by atoms with Crippen LogP contribution in [-0.4, -0.2) is 6.54 Å². The smallest absolute Gasteiger partial charge is 0.0345 e. The van der Waals surface area contributed by atoms with E-state index in [1.807, 2.05) is 0 Å². The molecule has 0 saturated heterocycles. The van der Waals surface area contributed by atoms with Gasteiger partial charge in [-0.1, -0.05) is 26.3 Å². The Morgan fingerprint density at radius 3 is 2.27 bits per heavy atom. The van der Waals surface area contributed by atoms with Gasteiger partial charge in [0.2, 0.25) is 0 Å². The number of benzene rings is 1. The van der Waals surface area contributed by atoms with E-state index in [2.05, 4.69) is 51.2 Å². The molecule has 0 spiro atoms. The van der Waals surface area contributed by atoms with E-state index in [0.29, 0.717) is 0 Å². The van der Waals surface area contributed by atoms with Gasteiger partial charge in [0, 0.05) is 12.2 Å². The summed E-state index contributed by atoms with van der Waals surface area (Å²) in [6.45, 7) is 9.93. The zero-order chi connectivity index (χ0) is 11.3. The summed E-state index contributed by atoms with van der Waals surface area (Å²) in [5.41, 5.74) is 3.93. The van der Waals surface area contributed by atoms with Crippen LogP contribution in [-0.2, 0) is 0 Å². The third kappa shape index (κ3) is 4.37. The first-order valence-corrected chi connectivity index (χ1v) is 5.94. The van der Waals surface area contributed by atoms with Crippen molar-refractivity contribution in [3.63, 3.8) is 0 Å². The molecule has 0 saturated carbocycles. The van der Waals surface area contributed by atoms with Crippen LogP contribution in [0.4, 0.5) is 5.69 Å². The molecular weight excluding hydrogens is 182 g/mol. The summed E-state index contributed by atoms with van der Waals surface area (Å²) >= 11 is 0. The molecule has 0 amide bonds. The zero-order valence-electron chi connectivity index (χ0n) is 10.4. The summed E-state index contributed by atoms with van der Waals surface area (Å²) in [7, 11) is 0. The van der Waals surface area contributed by atoms with Crippen molar-refractivity contribution in [2.45, 2.75) is 40.5 Å². The lowest BCUT2D eigenvalue weighted by atomic mass is 10.1. The van der Waals surface area contributed by atoms with Crippen molar-refractivity contribution in [1.29, 1.82) is 0 Å². The molecule has 1 heteroatoms. The van der Waals surface area contributed by atoms with E-state index in [1.54, 1.807) is 0 Å². The second-order valence-electron chi connectivity index (χ2n) is 4.61. The van der Waals surface area contributed by atoms with Gasteiger partial charge >= 0.3 is 0 Å². The lowest BCUT2D eigenvalue weighted by Crippen LogP contribution is -2.06. The summed E-state index contributed by atoms with van der Waals surface area (Å²) in [5.74, 6) is 0.823. The minimum atomic E-state index is 0.823. The molecule has 0 aliphatic carbocycles. The summed E-state index contributed by atoms with van der Waals surface area (Å²) in [6.07, 6.45) is 2.53. The normalized spacial score (nSPS) is 12.5. The molecule has 0 radical (unpaired) electrons. The number of hydrogen-bond donors (Lipinski definition) is 1. The monoisotopic (exact) mass is 205 g/mol. The van der Waals surface area contributed by atoms with Crippen molar-refractivity contribution in [3.8, 4) is 0 Å². The van der Waals surface area contributed by atoms with E-state index in [0.717, 1.165) is 12.5 Å². The van der Waals surface area contributed by atoms with Crippen LogP contribution in [0.2, 0.25) is 0 Å². The first-order valence-electron chi connectivity index (χ1n) is 5.94. The summed E-state index contributed by atoms with van der Waals surface area (Å²) in [5, 5.41) is 3.49. The molecule has 0 aliphatic rings. The molecular formula is C14H23N. The highest BCUT2D eigenvalue weighted by Gasteiger charge is 1.99. The van der Waals surface area contributed by atoms with Crippen molar-refractivity contribution in [3.05, 3.63) is 29.3 Å². The minimum Gasteiger partial charge on any atom is -0.385 e. The van der Waals surface area contributed by atoms with Crippen molar-refractivity contribution in [1.82, 2.24) is 0 Å². The first-order chi connectivity index (χ1) is 7.11. The predicted molar refractivity (Wildman–Crippen MR) is 68.5 cm³/mol. The van der Waals surface area contributed by atoms with E-state index in [4.69, 9.17) is 0 Å². The Labute approximate surface area is 93.9 Å². The van der Waals surface area contributed by atoms with Crippen LogP contribution in [0.15, 0.2) is 18.2 Å². The van der Waals surface area contributed by atoms with Crippen molar-refractivity contribution in [2.24, 2.45) is 5.92 Å². The van der Waals surface area contributed by atoms with Crippen LogP contribution in [0, 0.1) is 19.8 Å². The van der Waals surface area contributed by atoms with E-state index >= 15 is 0 Å². The van der Waals surface area contributed by atoms with Gasteiger partial charge < -0.3 is 5.32 Å². The van der Waals surface area contributed by atoms with E-state index in [-0.39, 0.29) is 0 Å². The fourth-order valence-corrected chi connectivity index (χ4v) is 1.74. The van der Waals surface area contributed by atoms with Gasteiger partial charge in [-0.15, -0.1) is 0 Å². The molecule has 15 heavy (non-hydrogen) atoms. The van der Waals surface area contributed by atoms with E-state index in [1.165, 1.54) is 29.7 Å². The standard InChI is InChI=1S/C14H23N/c1-5-11(2)6-7-15-14-9-12(3)8-13(4)10-14/h8-11,15H,5-7H2,1-4H3. The Morgan fingerprint density at radius 2 is 1.73 bits per heavy atom. The van der Waals surface area contributed by atoms with Gasteiger partial charge in [-0.25, -0.2) is 0 Å². The number of rotatable bonds is 5. The molecule has 84 valence electrons. The minimum absolute atomic E-state index is 0.823. The van der Waals surface area contributed by atoms with Gasteiger partial charge in [-0.3, -0.25) is 0 Å². The summed E-state index contributed by atoms with van der Waals surface area (Å²) in [6, 6.07) is 6.63. The van der Waals surface area contributed by atoms with Crippen molar-refractivity contribution >= 4 is 5.69 Å². The summed E-state index contributed by atoms with van der Waals surface area (Å²) < 4.78 is 0. The Balaban J connectivity index is 2.43. The van der Waals surface area contributed by atoms with Gasteiger partial charge in [0.15, 0.2) is 0 Å². The van der Waals surface area contributed by atoms with Crippen LogP contribution in [0.25, 0.3) is 0 Å². The fraction of sp³-hybridized carbons (Fsp3) is 0.571. The number of nitrogens with one attached hydrogen (secondary N) is 1. The average molecular weight is 205 g/mol. The zero-order valence-corrected chi connectivity index (χ0v) is 10.4. The lowest BCUT2D eigenvalue weighted by Gasteiger charge is -2.11. The Kier molecular flexibility index (Phi) is 4.67. The quantitative estimate of drug-likeness (QED) is 0.761. The first kappa shape index (κ1) is 12.1. The van der Waals surface area contributed by atoms with Crippen LogP contribution < -0.4 is 5.32 Å². The fourth-order valence-electron chi connectivity index (χ4n) is 1.74. The predicted octanol–water partition coefficient (Wildman–Crippen LogP) is 4.15. The van der Waals surface area contributed by atoms with Crippen LogP contribution in [0.5, 0.6) is 0 Å². The van der Waals surface area contributed by atoms with Crippen LogP contribution in [0.3, 0.4) is 0 Å². The Hall–Kier alpha value is -0.980. The molecule has 0 aromatic heterocycles. The molecule has 0 aliphatic heterocycles. The maximum atomic E-state index is 3.49.